The van der Waals surface area contributed by atoms with Crippen molar-refractivity contribution in [2.75, 3.05) is 0 Å². The zero-order valence-electron chi connectivity index (χ0n) is 9.94. The summed E-state index contributed by atoms with van der Waals surface area (Å²) >= 11 is 0. The molecule has 0 bridgehead atoms. The quantitative estimate of drug-likeness (QED) is 0.621. The van der Waals surface area contributed by atoms with Crippen molar-refractivity contribution in [2.45, 2.75) is 46.9 Å². The monoisotopic (exact) mass is 186 g/mol. The third-order valence-electron chi connectivity index (χ3n) is 3.06. The molecule has 14 heavy (non-hydrogen) atoms. The largest absolute Gasteiger partial charge is 0.0716 e. The van der Waals surface area contributed by atoms with Crippen LogP contribution in [0.1, 0.15) is 47.6 Å². The second-order valence-corrected chi connectivity index (χ2v) is 4.38. The van der Waals surface area contributed by atoms with Gasteiger partial charge >= 0.3 is 0 Å². The Kier molecular flexibility index (Phi) is 3.41. The lowest BCUT2D eigenvalue weighted by atomic mass is 9.84. The molecule has 0 aliphatic rings. The number of aryl methyl sites for hydroxylation is 1. The minimum absolute atomic E-state index is 0.598. The molecular formula is C13H19B. The first-order valence-electron chi connectivity index (χ1n) is 5.28. The molecule has 0 unspecified atom stereocenters. The van der Waals surface area contributed by atoms with Gasteiger partial charge in [-0.3, -0.25) is 0 Å². The van der Waals surface area contributed by atoms with E-state index in [9.17, 15) is 0 Å². The second-order valence-electron chi connectivity index (χ2n) is 4.38. The Labute approximate surface area is 89.1 Å². The molecule has 1 rings (SSSR count). The molecule has 0 N–H and O–H groups in total. The van der Waals surface area contributed by atoms with Gasteiger partial charge in [0, 0.05) is 0 Å². The maximum Gasteiger partial charge on any atom is 0.0716 e. The Morgan fingerprint density at radius 1 is 1.14 bits per heavy atom. The molecule has 1 heteroatoms. The molecule has 0 fully saturated rings. The van der Waals surface area contributed by atoms with E-state index in [0.29, 0.717) is 12.2 Å². The van der Waals surface area contributed by atoms with Crippen molar-refractivity contribution in [3.63, 3.8) is 0 Å². The molecule has 0 nitrogen and oxygen atoms in total. The van der Waals surface area contributed by atoms with E-state index in [2.05, 4.69) is 40.7 Å². The van der Waals surface area contributed by atoms with Gasteiger partial charge in [0.2, 0.25) is 0 Å². The molecule has 74 valence electrons. The van der Waals surface area contributed by atoms with E-state index in [4.69, 9.17) is 7.85 Å². The summed E-state index contributed by atoms with van der Waals surface area (Å²) in [6.07, 6.45) is 0.645. The van der Waals surface area contributed by atoms with Crippen LogP contribution in [0.15, 0.2) is 6.07 Å². The van der Waals surface area contributed by atoms with Crippen LogP contribution < -0.4 is 0 Å². The second kappa shape index (κ2) is 4.21. The average Bonchev–Trinajstić information content (AvgIpc) is 2.10. The van der Waals surface area contributed by atoms with Crippen LogP contribution in [0.2, 0.25) is 0 Å². The fourth-order valence-corrected chi connectivity index (χ4v) is 2.29. The van der Waals surface area contributed by atoms with Gasteiger partial charge < -0.3 is 0 Å². The standard InChI is InChI=1S/C13H19B/c1-8(2)13-9(3)6-12(7-14)10(4)11(13)5/h6,8H,7H2,1-5H3. The van der Waals surface area contributed by atoms with E-state index < -0.39 is 0 Å². The minimum atomic E-state index is 0.598. The van der Waals surface area contributed by atoms with Crippen LogP contribution >= 0.6 is 0 Å². The summed E-state index contributed by atoms with van der Waals surface area (Å²) in [4.78, 5) is 0. The summed E-state index contributed by atoms with van der Waals surface area (Å²) in [5, 5.41) is 0. The van der Waals surface area contributed by atoms with Gasteiger partial charge in [-0.1, -0.05) is 31.8 Å². The van der Waals surface area contributed by atoms with Crippen molar-refractivity contribution in [3.05, 3.63) is 33.9 Å². The van der Waals surface area contributed by atoms with Gasteiger partial charge in [-0.15, -0.1) is 0 Å². The first-order chi connectivity index (χ1) is 6.49. The van der Waals surface area contributed by atoms with Crippen molar-refractivity contribution < 1.29 is 0 Å². The molecule has 2 radical (unpaired) electrons. The summed E-state index contributed by atoms with van der Waals surface area (Å²) < 4.78 is 0. The minimum Gasteiger partial charge on any atom is -0.0640 e. The molecule has 0 aromatic heterocycles. The number of hydrogen-bond acceptors (Lipinski definition) is 0. The molecule has 0 aliphatic heterocycles. The third-order valence-corrected chi connectivity index (χ3v) is 3.06. The van der Waals surface area contributed by atoms with Crippen molar-refractivity contribution in [1.82, 2.24) is 0 Å². The highest BCUT2D eigenvalue weighted by molar-refractivity contribution is 6.08. The van der Waals surface area contributed by atoms with Crippen LogP contribution in [0.5, 0.6) is 0 Å². The topological polar surface area (TPSA) is 0 Å². The third kappa shape index (κ3) is 1.87. The average molecular weight is 186 g/mol. The summed E-state index contributed by atoms with van der Waals surface area (Å²) in [6, 6.07) is 2.23. The maximum absolute atomic E-state index is 5.71. The van der Waals surface area contributed by atoms with Crippen LogP contribution in [0.4, 0.5) is 0 Å². The number of hydrogen-bond donors (Lipinski definition) is 0. The predicted molar refractivity (Wildman–Crippen MR) is 64.2 cm³/mol. The van der Waals surface area contributed by atoms with E-state index in [-0.39, 0.29) is 0 Å². The maximum atomic E-state index is 5.71. The SMILES string of the molecule is [B]Cc1cc(C)c(C(C)C)c(C)c1C. The smallest absolute Gasteiger partial charge is 0.0640 e. The lowest BCUT2D eigenvalue weighted by Gasteiger charge is -2.18. The molecule has 0 heterocycles. The first kappa shape index (κ1) is 11.4. The predicted octanol–water partition coefficient (Wildman–Crippen LogP) is 3.40. The van der Waals surface area contributed by atoms with Crippen molar-refractivity contribution >= 4 is 7.85 Å². The molecule has 0 saturated heterocycles. The molecule has 0 saturated carbocycles. The van der Waals surface area contributed by atoms with Gasteiger partial charge in [-0.25, -0.2) is 0 Å². The Morgan fingerprint density at radius 2 is 1.71 bits per heavy atom. The molecule has 0 atom stereocenters. The highest BCUT2D eigenvalue weighted by Gasteiger charge is 2.11. The van der Waals surface area contributed by atoms with E-state index in [1.165, 1.54) is 27.8 Å². The molecule has 0 aliphatic carbocycles. The highest BCUT2D eigenvalue weighted by Crippen LogP contribution is 2.27. The van der Waals surface area contributed by atoms with Crippen LogP contribution in [0.3, 0.4) is 0 Å². The van der Waals surface area contributed by atoms with Gasteiger partial charge in [0.05, 0.1) is 7.85 Å². The summed E-state index contributed by atoms with van der Waals surface area (Å²) in [5.41, 5.74) is 6.93. The fourth-order valence-electron chi connectivity index (χ4n) is 2.29. The molecule has 1 aromatic carbocycles. The van der Waals surface area contributed by atoms with E-state index >= 15 is 0 Å². The highest BCUT2D eigenvalue weighted by atomic mass is 14.2. The zero-order valence-corrected chi connectivity index (χ0v) is 9.94. The van der Waals surface area contributed by atoms with Gasteiger partial charge in [-0.05, 0) is 48.9 Å². The van der Waals surface area contributed by atoms with Gasteiger partial charge in [0.1, 0.15) is 0 Å². The van der Waals surface area contributed by atoms with Gasteiger partial charge in [0.25, 0.3) is 0 Å². The van der Waals surface area contributed by atoms with Crippen LogP contribution in [0, 0.1) is 20.8 Å². The summed E-state index contributed by atoms with van der Waals surface area (Å²) in [7, 11) is 5.71. The van der Waals surface area contributed by atoms with E-state index in [1.807, 2.05) is 0 Å². The summed E-state index contributed by atoms with van der Waals surface area (Å²) in [6.45, 7) is 11.0. The molecule has 0 amide bonds. The van der Waals surface area contributed by atoms with Crippen molar-refractivity contribution in [1.29, 1.82) is 0 Å². The van der Waals surface area contributed by atoms with Crippen molar-refractivity contribution in [2.24, 2.45) is 0 Å². The van der Waals surface area contributed by atoms with Crippen LogP contribution in [-0.2, 0) is 6.32 Å². The first-order valence-corrected chi connectivity index (χ1v) is 5.28. The van der Waals surface area contributed by atoms with E-state index in [1.54, 1.807) is 0 Å². The Morgan fingerprint density at radius 3 is 2.14 bits per heavy atom. The lowest BCUT2D eigenvalue weighted by molar-refractivity contribution is 0.841. The van der Waals surface area contributed by atoms with Crippen molar-refractivity contribution in [3.8, 4) is 0 Å². The normalized spacial score (nSPS) is 11.0. The lowest BCUT2D eigenvalue weighted by Crippen LogP contribution is -2.02. The summed E-state index contributed by atoms with van der Waals surface area (Å²) in [5.74, 6) is 0.598. The van der Waals surface area contributed by atoms with Gasteiger partial charge in [0.15, 0.2) is 0 Å². The number of benzene rings is 1. The zero-order chi connectivity index (χ0) is 10.9. The van der Waals surface area contributed by atoms with Crippen LogP contribution in [0.25, 0.3) is 0 Å². The Hall–Kier alpha value is -0.715. The van der Waals surface area contributed by atoms with Crippen LogP contribution in [-0.4, -0.2) is 7.85 Å². The molecular weight excluding hydrogens is 167 g/mol. The number of rotatable bonds is 2. The van der Waals surface area contributed by atoms with Gasteiger partial charge in [-0.2, -0.15) is 0 Å². The fraction of sp³-hybridized carbons (Fsp3) is 0.538. The Bertz CT molecular complexity index is 338. The Balaban J connectivity index is 3.41. The molecule has 0 spiro atoms. The molecule has 1 aromatic rings. The van der Waals surface area contributed by atoms with E-state index in [0.717, 1.165) is 0 Å².